The van der Waals surface area contributed by atoms with Gasteiger partial charge in [-0.1, -0.05) is 6.07 Å². The maximum absolute atomic E-state index is 15.5. The first-order chi connectivity index (χ1) is 12.4. The van der Waals surface area contributed by atoms with Gasteiger partial charge in [0.25, 0.3) is 0 Å². The Hall–Kier alpha value is -2.28. The Morgan fingerprint density at radius 1 is 1.31 bits per heavy atom. The topological polar surface area (TPSA) is 39.2 Å². The van der Waals surface area contributed by atoms with Crippen molar-refractivity contribution in [1.29, 1.82) is 0 Å². The molecule has 138 valence electrons. The minimum absolute atomic E-state index is 0.0998. The van der Waals surface area contributed by atoms with Crippen LogP contribution in [0.1, 0.15) is 42.2 Å². The lowest BCUT2D eigenvalue weighted by molar-refractivity contribution is -0.133. The number of Topliss-reactive ketones (excluding diaryl/α,β-unsaturated/α-hetero) is 1. The van der Waals surface area contributed by atoms with Crippen molar-refractivity contribution in [2.24, 2.45) is 0 Å². The molecule has 0 radical (unpaired) electrons. The van der Waals surface area contributed by atoms with Crippen molar-refractivity contribution >= 4 is 5.78 Å². The van der Waals surface area contributed by atoms with Crippen LogP contribution in [0.4, 0.5) is 17.6 Å². The zero-order chi connectivity index (χ0) is 18.9. The van der Waals surface area contributed by atoms with Crippen LogP contribution in [-0.4, -0.2) is 17.9 Å². The van der Waals surface area contributed by atoms with Crippen LogP contribution in [0.25, 0.3) is 0 Å². The van der Waals surface area contributed by atoms with Crippen LogP contribution in [0, 0.1) is 17.5 Å². The summed E-state index contributed by atoms with van der Waals surface area (Å²) in [4.78, 5) is 16.7. The predicted molar refractivity (Wildman–Crippen MR) is 85.7 cm³/mol. The Balaban J connectivity index is 1.84. The summed E-state index contributed by atoms with van der Waals surface area (Å²) in [6, 6.07) is 4.08. The molecule has 0 fully saturated rings. The number of aromatic nitrogens is 1. The van der Waals surface area contributed by atoms with Gasteiger partial charge in [-0.25, -0.2) is 17.6 Å². The van der Waals surface area contributed by atoms with Crippen molar-refractivity contribution in [1.82, 2.24) is 4.98 Å². The number of fused-ring (bicyclic) bond motifs is 1. The Morgan fingerprint density at radius 2 is 2.00 bits per heavy atom. The van der Waals surface area contributed by atoms with E-state index in [-0.39, 0.29) is 24.8 Å². The van der Waals surface area contributed by atoms with E-state index in [1.165, 1.54) is 25.4 Å². The Kier molecular flexibility index (Phi) is 5.09. The number of hydrogen-bond donors (Lipinski definition) is 0. The van der Waals surface area contributed by atoms with E-state index >= 15 is 4.39 Å². The molecule has 1 heterocycles. The van der Waals surface area contributed by atoms with E-state index in [1.807, 2.05) is 0 Å². The summed E-state index contributed by atoms with van der Waals surface area (Å²) in [5.41, 5.74) is -2.23. The van der Waals surface area contributed by atoms with Gasteiger partial charge in [-0.2, -0.15) is 0 Å². The number of ether oxygens (including phenoxy) is 1. The largest absolute Gasteiger partial charge is 0.375 e. The number of hydrogen-bond acceptors (Lipinski definition) is 3. The Morgan fingerprint density at radius 3 is 2.65 bits per heavy atom. The molecule has 0 amide bonds. The third-order valence-corrected chi connectivity index (χ3v) is 4.76. The maximum Gasteiger partial charge on any atom is 0.195 e. The molecular formula is C19H17F4NO2. The van der Waals surface area contributed by atoms with Crippen molar-refractivity contribution in [3.05, 3.63) is 64.7 Å². The van der Waals surface area contributed by atoms with Crippen LogP contribution in [0.15, 0.2) is 30.5 Å². The summed E-state index contributed by atoms with van der Waals surface area (Å²) in [5.74, 6) is -4.01. The van der Waals surface area contributed by atoms with Crippen LogP contribution >= 0.6 is 0 Å². The highest BCUT2D eigenvalue weighted by Crippen LogP contribution is 2.44. The highest BCUT2D eigenvalue weighted by Gasteiger charge is 2.46. The number of carbonyl (C=O) groups excluding carboxylic acids is 1. The lowest BCUT2D eigenvalue weighted by Crippen LogP contribution is -2.37. The van der Waals surface area contributed by atoms with Gasteiger partial charge in [0.15, 0.2) is 11.5 Å². The fourth-order valence-corrected chi connectivity index (χ4v) is 3.38. The molecule has 3 nitrogen and oxygen atoms in total. The molecule has 1 aromatic heterocycles. The van der Waals surface area contributed by atoms with Crippen molar-refractivity contribution in [2.45, 2.75) is 37.5 Å². The molecule has 0 aliphatic heterocycles. The number of ketones is 1. The van der Waals surface area contributed by atoms with Gasteiger partial charge in [-0.05, 0) is 25.3 Å². The molecule has 1 aliphatic carbocycles. The maximum atomic E-state index is 15.5. The number of methoxy groups -OCH3 is 1. The molecule has 26 heavy (non-hydrogen) atoms. The smallest absolute Gasteiger partial charge is 0.195 e. The normalized spacial score (nSPS) is 22.1. The number of pyridine rings is 1. The molecule has 2 atom stereocenters. The van der Waals surface area contributed by atoms with E-state index in [4.69, 9.17) is 4.74 Å². The van der Waals surface area contributed by atoms with Gasteiger partial charge in [0.1, 0.15) is 17.5 Å². The molecule has 0 unspecified atom stereocenters. The predicted octanol–water partition coefficient (Wildman–Crippen LogP) is 4.35. The summed E-state index contributed by atoms with van der Waals surface area (Å²) >= 11 is 0. The molecule has 1 aliphatic rings. The van der Waals surface area contributed by atoms with Crippen LogP contribution in [0.2, 0.25) is 0 Å². The first-order valence-electron chi connectivity index (χ1n) is 8.20. The Bertz CT molecular complexity index is 819. The van der Waals surface area contributed by atoms with Crippen LogP contribution in [0.3, 0.4) is 0 Å². The standard InChI is InChI=1S/C19H17F4NO2/c1-26-16-6-7-19(23,13-3-2-8-24-18(13)16)17(25)5-4-12-14(21)9-11(20)10-15(12)22/h2-3,8-10,16H,4-7H2,1H3/t16-,19-/m0/s1. The molecule has 2 aromatic rings. The quantitative estimate of drug-likeness (QED) is 0.738. The average molecular weight is 367 g/mol. The number of halogens is 4. The second-order valence-electron chi connectivity index (χ2n) is 6.27. The molecule has 0 bridgehead atoms. The van der Waals surface area contributed by atoms with E-state index in [2.05, 4.69) is 4.98 Å². The molecule has 1 aromatic carbocycles. The third-order valence-electron chi connectivity index (χ3n) is 4.76. The molecule has 3 rings (SSSR count). The van der Waals surface area contributed by atoms with Crippen LogP contribution in [-0.2, 0) is 21.6 Å². The summed E-state index contributed by atoms with van der Waals surface area (Å²) in [7, 11) is 1.48. The second-order valence-corrected chi connectivity index (χ2v) is 6.27. The average Bonchev–Trinajstić information content (AvgIpc) is 2.61. The number of rotatable bonds is 5. The Labute approximate surface area is 148 Å². The molecular weight excluding hydrogens is 350 g/mol. The van der Waals surface area contributed by atoms with E-state index in [1.54, 1.807) is 0 Å². The first kappa shape index (κ1) is 18.5. The van der Waals surface area contributed by atoms with Crippen LogP contribution < -0.4 is 0 Å². The second kappa shape index (κ2) is 7.15. The molecule has 0 N–H and O–H groups in total. The van der Waals surface area contributed by atoms with Crippen molar-refractivity contribution in [3.63, 3.8) is 0 Å². The van der Waals surface area contributed by atoms with Gasteiger partial charge >= 0.3 is 0 Å². The summed E-state index contributed by atoms with van der Waals surface area (Å²) in [5, 5.41) is 0. The number of benzene rings is 1. The highest BCUT2D eigenvalue weighted by atomic mass is 19.2. The monoisotopic (exact) mass is 367 g/mol. The van der Waals surface area contributed by atoms with Gasteiger partial charge in [0, 0.05) is 43.0 Å². The molecule has 0 saturated heterocycles. The minimum atomic E-state index is -2.29. The van der Waals surface area contributed by atoms with E-state index < -0.39 is 47.0 Å². The fraction of sp³-hybridized carbons (Fsp3) is 0.368. The lowest BCUT2D eigenvalue weighted by Gasteiger charge is -2.33. The van der Waals surface area contributed by atoms with E-state index in [0.29, 0.717) is 17.8 Å². The fourth-order valence-electron chi connectivity index (χ4n) is 3.38. The van der Waals surface area contributed by atoms with Crippen LogP contribution in [0.5, 0.6) is 0 Å². The zero-order valence-electron chi connectivity index (χ0n) is 14.1. The van der Waals surface area contributed by atoms with Gasteiger partial charge in [0.05, 0.1) is 11.8 Å². The lowest BCUT2D eigenvalue weighted by atomic mass is 9.77. The summed E-state index contributed by atoms with van der Waals surface area (Å²) < 4.78 is 61.2. The number of alkyl halides is 1. The van der Waals surface area contributed by atoms with Crippen molar-refractivity contribution in [2.75, 3.05) is 7.11 Å². The van der Waals surface area contributed by atoms with Crippen molar-refractivity contribution in [3.8, 4) is 0 Å². The third kappa shape index (κ3) is 3.23. The molecule has 0 saturated carbocycles. The van der Waals surface area contributed by atoms with Gasteiger partial charge in [-0.3, -0.25) is 9.78 Å². The SMILES string of the molecule is CO[C@H]1CC[C@@](F)(C(=O)CCc2c(F)cc(F)cc2F)c2cccnc21. The molecule has 0 spiro atoms. The molecule has 7 heteroatoms. The van der Waals surface area contributed by atoms with Crippen molar-refractivity contribution < 1.29 is 27.1 Å². The highest BCUT2D eigenvalue weighted by molar-refractivity contribution is 5.89. The number of carbonyl (C=O) groups is 1. The number of nitrogens with zero attached hydrogens (tertiary/aromatic N) is 1. The van der Waals surface area contributed by atoms with Gasteiger partial charge < -0.3 is 4.74 Å². The van der Waals surface area contributed by atoms with E-state index in [0.717, 1.165) is 0 Å². The zero-order valence-corrected chi connectivity index (χ0v) is 14.1. The van der Waals surface area contributed by atoms with Gasteiger partial charge in [-0.15, -0.1) is 0 Å². The summed E-state index contributed by atoms with van der Waals surface area (Å²) in [6.45, 7) is 0. The van der Waals surface area contributed by atoms with Gasteiger partial charge in [0.2, 0.25) is 0 Å². The van der Waals surface area contributed by atoms with E-state index in [9.17, 15) is 18.0 Å². The summed E-state index contributed by atoms with van der Waals surface area (Å²) in [6.07, 6.45) is 0.479. The minimum Gasteiger partial charge on any atom is -0.375 e. The first-order valence-corrected chi connectivity index (χ1v) is 8.20.